The number of hydrogen-bond donors (Lipinski definition) is 1. The van der Waals surface area contributed by atoms with E-state index in [-0.39, 0.29) is 29.1 Å². The topological polar surface area (TPSA) is 111 Å². The van der Waals surface area contributed by atoms with Gasteiger partial charge in [0.2, 0.25) is 0 Å². The second-order valence-corrected chi connectivity index (χ2v) is 7.47. The molecule has 5 rings (SSSR count). The van der Waals surface area contributed by atoms with Crippen molar-refractivity contribution in [2.24, 2.45) is 10.2 Å². The van der Waals surface area contributed by atoms with Crippen molar-refractivity contribution in [2.45, 2.75) is 0 Å². The number of azo groups is 1. The Morgan fingerprint density at radius 1 is 1.03 bits per heavy atom. The fraction of sp³-hybridized carbons (Fsp3) is 0.0385. The van der Waals surface area contributed by atoms with Gasteiger partial charge in [0.05, 0.1) is 25.4 Å². The first-order valence-electron chi connectivity index (χ1n) is 10.8. The maximum atomic E-state index is 13.4. The van der Waals surface area contributed by atoms with Crippen molar-refractivity contribution >= 4 is 39.6 Å². The van der Waals surface area contributed by atoms with Crippen LogP contribution >= 0.6 is 0 Å². The zero-order valence-corrected chi connectivity index (χ0v) is 19.0. The van der Waals surface area contributed by atoms with Gasteiger partial charge in [0.25, 0.3) is 17.5 Å². The van der Waals surface area contributed by atoms with Crippen molar-refractivity contribution < 1.29 is 9.53 Å². The summed E-state index contributed by atoms with van der Waals surface area (Å²) in [5.74, 6) is 0.296. The molecule has 1 N–H and O–H groups in total. The minimum absolute atomic E-state index is 0.154. The molecule has 0 atom stereocenters. The molecule has 3 aromatic carbocycles. The number of anilines is 1. The Kier molecular flexibility index (Phi) is 6.10. The lowest BCUT2D eigenvalue weighted by Crippen LogP contribution is -2.14. The molecule has 0 saturated heterocycles. The van der Waals surface area contributed by atoms with Gasteiger partial charge in [-0.3, -0.25) is 4.79 Å². The van der Waals surface area contributed by atoms with Crippen LogP contribution in [0.5, 0.6) is 5.75 Å². The van der Waals surface area contributed by atoms with E-state index in [9.17, 15) is 4.79 Å². The standard InChI is InChI=1S/C26H18N8O2/c1-27-21-16-30-34(26-28-13-8-14-29-26)24(21)33-32-20-15-17-9-6-7-12-19(17)22(23(20)36-2)25(35)31-18-10-4-3-5-11-18/h3-16H,2H3,(H,31,35)/b33-32+. The highest BCUT2D eigenvalue weighted by molar-refractivity contribution is 6.16. The average molecular weight is 474 g/mol. The van der Waals surface area contributed by atoms with E-state index in [0.29, 0.717) is 22.3 Å². The molecule has 36 heavy (non-hydrogen) atoms. The third-order valence-corrected chi connectivity index (χ3v) is 5.28. The number of fused-ring (bicyclic) bond motifs is 1. The second kappa shape index (κ2) is 9.82. The highest BCUT2D eigenvalue weighted by Crippen LogP contribution is 2.40. The smallest absolute Gasteiger partial charge is 0.260 e. The molecule has 0 bridgehead atoms. The molecule has 2 aromatic heterocycles. The van der Waals surface area contributed by atoms with E-state index in [1.807, 2.05) is 42.5 Å². The Bertz CT molecular complexity index is 1620. The molecule has 1 amide bonds. The maximum Gasteiger partial charge on any atom is 0.260 e. The summed E-state index contributed by atoms with van der Waals surface area (Å²) in [6.07, 6.45) is 4.49. The fourth-order valence-corrected chi connectivity index (χ4v) is 3.69. The van der Waals surface area contributed by atoms with Crippen LogP contribution in [0, 0.1) is 6.57 Å². The Morgan fingerprint density at radius 3 is 2.53 bits per heavy atom. The Hall–Kier alpha value is -5.43. The van der Waals surface area contributed by atoms with Gasteiger partial charge in [0.15, 0.2) is 11.6 Å². The Labute approximate surface area is 205 Å². The number of para-hydroxylation sites is 1. The van der Waals surface area contributed by atoms with Crippen molar-refractivity contribution in [1.29, 1.82) is 0 Å². The number of aromatic nitrogens is 4. The number of nitrogens with one attached hydrogen (secondary N) is 1. The van der Waals surface area contributed by atoms with Crippen LogP contribution in [-0.4, -0.2) is 32.8 Å². The lowest BCUT2D eigenvalue weighted by Gasteiger charge is -2.14. The van der Waals surface area contributed by atoms with E-state index in [4.69, 9.17) is 11.3 Å². The molecule has 0 radical (unpaired) electrons. The average Bonchev–Trinajstić information content (AvgIpc) is 3.34. The third kappa shape index (κ3) is 4.24. The van der Waals surface area contributed by atoms with Gasteiger partial charge in [0, 0.05) is 18.1 Å². The van der Waals surface area contributed by atoms with Gasteiger partial charge in [0.1, 0.15) is 5.69 Å². The van der Waals surface area contributed by atoms with Crippen LogP contribution < -0.4 is 10.1 Å². The van der Waals surface area contributed by atoms with Gasteiger partial charge >= 0.3 is 0 Å². The molecule has 0 aliphatic heterocycles. The normalized spacial score (nSPS) is 10.9. The van der Waals surface area contributed by atoms with Gasteiger partial charge in [-0.25, -0.2) is 14.8 Å². The van der Waals surface area contributed by atoms with Gasteiger partial charge in [-0.2, -0.15) is 9.78 Å². The molecule has 174 valence electrons. The van der Waals surface area contributed by atoms with Gasteiger partial charge in [-0.05, 0) is 35.0 Å². The lowest BCUT2D eigenvalue weighted by molar-refractivity contribution is 0.102. The second-order valence-electron chi connectivity index (χ2n) is 7.47. The van der Waals surface area contributed by atoms with E-state index in [0.717, 1.165) is 5.39 Å². The molecule has 5 aromatic rings. The predicted octanol–water partition coefficient (Wildman–Crippen LogP) is 6.04. The first-order chi connectivity index (χ1) is 17.7. The van der Waals surface area contributed by atoms with E-state index >= 15 is 0 Å². The number of carbonyl (C=O) groups excluding carboxylic acids is 1. The number of ether oxygens (including phenoxy) is 1. The number of nitrogens with zero attached hydrogens (tertiary/aromatic N) is 7. The zero-order chi connectivity index (χ0) is 24.9. The predicted molar refractivity (Wildman–Crippen MR) is 134 cm³/mol. The number of carbonyl (C=O) groups is 1. The van der Waals surface area contributed by atoms with E-state index in [1.165, 1.54) is 18.0 Å². The van der Waals surface area contributed by atoms with Crippen LogP contribution in [0.4, 0.5) is 22.9 Å². The largest absolute Gasteiger partial charge is 0.494 e. The molecule has 0 aliphatic carbocycles. The number of hydrogen-bond acceptors (Lipinski definition) is 7. The van der Waals surface area contributed by atoms with Crippen molar-refractivity contribution in [1.82, 2.24) is 19.7 Å². The van der Waals surface area contributed by atoms with Crippen LogP contribution in [0.25, 0.3) is 21.6 Å². The quantitative estimate of drug-likeness (QED) is 0.238. The number of methoxy groups -OCH3 is 1. The SMILES string of the molecule is [C-]#[N+]c1cnn(-c2ncccn2)c1/N=N/c1cc2ccccc2c(C(=O)Nc2ccccc2)c1OC. The van der Waals surface area contributed by atoms with E-state index < -0.39 is 0 Å². The molecular weight excluding hydrogens is 456 g/mol. The summed E-state index contributed by atoms with van der Waals surface area (Å²) in [4.78, 5) is 25.2. The van der Waals surface area contributed by atoms with E-state index in [2.05, 4.69) is 35.5 Å². The Balaban J connectivity index is 1.63. The monoisotopic (exact) mass is 474 g/mol. The van der Waals surface area contributed by atoms with Crippen molar-refractivity contribution in [3.05, 3.63) is 102 Å². The molecule has 0 unspecified atom stereocenters. The first-order valence-corrected chi connectivity index (χ1v) is 10.8. The van der Waals surface area contributed by atoms with Crippen molar-refractivity contribution in [3.8, 4) is 11.7 Å². The number of amides is 1. The minimum Gasteiger partial charge on any atom is -0.494 e. The van der Waals surface area contributed by atoms with Gasteiger partial charge in [-0.1, -0.05) is 42.5 Å². The number of benzene rings is 3. The summed E-state index contributed by atoms with van der Waals surface area (Å²) in [5, 5.41) is 17.2. The summed E-state index contributed by atoms with van der Waals surface area (Å²) in [5.41, 5.74) is 1.45. The lowest BCUT2D eigenvalue weighted by atomic mass is 10.0. The first kappa shape index (κ1) is 22.4. The third-order valence-electron chi connectivity index (χ3n) is 5.28. The maximum absolute atomic E-state index is 13.4. The molecule has 0 spiro atoms. The van der Waals surface area contributed by atoms with Gasteiger partial charge < -0.3 is 10.1 Å². The van der Waals surface area contributed by atoms with E-state index in [1.54, 1.807) is 36.7 Å². The fourth-order valence-electron chi connectivity index (χ4n) is 3.69. The molecule has 0 saturated carbocycles. The summed E-state index contributed by atoms with van der Waals surface area (Å²) in [6, 6.07) is 20.0. The van der Waals surface area contributed by atoms with Gasteiger partial charge in [-0.15, -0.1) is 10.2 Å². The summed E-state index contributed by atoms with van der Waals surface area (Å²) < 4.78 is 6.99. The van der Waals surface area contributed by atoms with Crippen LogP contribution in [0.15, 0.2) is 95.5 Å². The molecular formula is C26H18N8O2. The van der Waals surface area contributed by atoms with Crippen LogP contribution in [-0.2, 0) is 0 Å². The molecule has 2 heterocycles. The van der Waals surface area contributed by atoms with Crippen LogP contribution in [0.3, 0.4) is 0 Å². The molecule has 10 heteroatoms. The zero-order valence-electron chi connectivity index (χ0n) is 19.0. The number of rotatable bonds is 6. The van der Waals surface area contributed by atoms with Crippen LogP contribution in [0.1, 0.15) is 10.4 Å². The van der Waals surface area contributed by atoms with Crippen LogP contribution in [0.2, 0.25) is 0 Å². The molecule has 0 aliphatic rings. The molecule has 10 nitrogen and oxygen atoms in total. The summed E-state index contributed by atoms with van der Waals surface area (Å²) in [7, 11) is 1.47. The van der Waals surface area contributed by atoms with Crippen molar-refractivity contribution in [2.75, 3.05) is 12.4 Å². The summed E-state index contributed by atoms with van der Waals surface area (Å²) in [6.45, 7) is 7.48. The highest BCUT2D eigenvalue weighted by Gasteiger charge is 2.21. The highest BCUT2D eigenvalue weighted by atomic mass is 16.5. The van der Waals surface area contributed by atoms with Crippen molar-refractivity contribution in [3.63, 3.8) is 0 Å². The minimum atomic E-state index is -0.351. The Morgan fingerprint density at radius 2 is 1.78 bits per heavy atom. The molecule has 0 fully saturated rings. The summed E-state index contributed by atoms with van der Waals surface area (Å²) >= 11 is 0.